The molecule has 7 heteroatoms. The third-order valence-electron chi connectivity index (χ3n) is 2.23. The Kier molecular flexibility index (Phi) is 3.49. The molecular formula is C8H15NO6. The average Bonchev–Trinajstić information content (AvgIpc) is 2.28. The van der Waals surface area contributed by atoms with E-state index in [4.69, 9.17) is 11.2 Å². The van der Waals surface area contributed by atoms with E-state index in [2.05, 4.69) is 5.32 Å². The van der Waals surface area contributed by atoms with Crippen LogP contribution in [0.15, 0.2) is 0 Å². The highest BCUT2D eigenvalue weighted by Gasteiger charge is 2.43. The summed E-state index contributed by atoms with van der Waals surface area (Å²) < 4.78 is 11.6. The SMILES string of the molecule is [2H]CC(=O)N[C@@H]1[C@@H](O)[C@H](O)[C@@H](CO)O[C@@H]1O. The maximum atomic E-state index is 10.9. The number of nitrogens with one attached hydrogen (secondary N) is 1. The Balaban J connectivity index is 2.67. The minimum absolute atomic E-state index is 0.560. The number of aliphatic hydroxyl groups is 4. The molecule has 0 aromatic heterocycles. The van der Waals surface area contributed by atoms with Gasteiger partial charge in [-0.2, -0.15) is 0 Å². The van der Waals surface area contributed by atoms with Crippen LogP contribution in [0.1, 0.15) is 8.27 Å². The smallest absolute Gasteiger partial charge is 0.217 e. The molecule has 1 aliphatic heterocycles. The molecule has 1 heterocycles. The molecule has 1 saturated heterocycles. The van der Waals surface area contributed by atoms with Crippen molar-refractivity contribution in [1.82, 2.24) is 5.32 Å². The summed E-state index contributed by atoms with van der Waals surface area (Å²) >= 11 is 0. The highest BCUT2D eigenvalue weighted by molar-refractivity contribution is 5.73. The van der Waals surface area contributed by atoms with Gasteiger partial charge in [0.1, 0.15) is 24.4 Å². The number of carbonyl (C=O) groups is 1. The minimum atomic E-state index is -1.54. The van der Waals surface area contributed by atoms with Gasteiger partial charge in [0.2, 0.25) is 5.91 Å². The van der Waals surface area contributed by atoms with Crippen LogP contribution in [-0.2, 0) is 9.53 Å². The van der Waals surface area contributed by atoms with E-state index in [0.29, 0.717) is 0 Å². The largest absolute Gasteiger partial charge is 0.394 e. The Bertz CT molecular complexity index is 253. The van der Waals surface area contributed by atoms with E-state index < -0.39 is 50.1 Å². The zero-order valence-corrected chi connectivity index (χ0v) is 7.91. The van der Waals surface area contributed by atoms with Crippen LogP contribution >= 0.6 is 0 Å². The van der Waals surface area contributed by atoms with Crippen molar-refractivity contribution < 1.29 is 31.3 Å². The molecule has 0 bridgehead atoms. The van der Waals surface area contributed by atoms with Crippen LogP contribution in [-0.4, -0.2) is 63.6 Å². The van der Waals surface area contributed by atoms with Gasteiger partial charge < -0.3 is 30.5 Å². The lowest BCUT2D eigenvalue weighted by molar-refractivity contribution is -0.253. The van der Waals surface area contributed by atoms with Gasteiger partial charge in [0.15, 0.2) is 6.29 Å². The van der Waals surface area contributed by atoms with Crippen LogP contribution in [0.25, 0.3) is 0 Å². The van der Waals surface area contributed by atoms with Crippen LogP contribution in [0.2, 0.25) is 0 Å². The third-order valence-corrected chi connectivity index (χ3v) is 2.23. The molecule has 0 aromatic carbocycles. The number of rotatable bonds is 2. The first-order valence-electron chi connectivity index (χ1n) is 5.11. The highest BCUT2D eigenvalue weighted by Crippen LogP contribution is 2.19. The minimum Gasteiger partial charge on any atom is -0.394 e. The van der Waals surface area contributed by atoms with Crippen LogP contribution in [0, 0.1) is 0 Å². The molecule has 5 atom stereocenters. The van der Waals surface area contributed by atoms with E-state index in [0.717, 1.165) is 0 Å². The second-order valence-electron chi connectivity index (χ2n) is 3.32. The summed E-state index contributed by atoms with van der Waals surface area (Å²) in [5, 5.41) is 39.4. The van der Waals surface area contributed by atoms with E-state index in [-0.39, 0.29) is 0 Å². The lowest BCUT2D eigenvalue weighted by atomic mass is 9.97. The number of carbonyl (C=O) groups excluding carboxylic acids is 1. The summed E-state index contributed by atoms with van der Waals surface area (Å²) in [6, 6.07) is -1.21. The summed E-state index contributed by atoms with van der Waals surface area (Å²) in [4.78, 5) is 10.9. The van der Waals surface area contributed by atoms with Crippen LogP contribution in [0.3, 0.4) is 0 Å². The van der Waals surface area contributed by atoms with Crippen molar-refractivity contribution in [3.63, 3.8) is 0 Å². The zero-order valence-electron chi connectivity index (χ0n) is 8.91. The van der Waals surface area contributed by atoms with Crippen molar-refractivity contribution >= 4 is 5.91 Å². The molecule has 1 amide bonds. The van der Waals surface area contributed by atoms with Crippen molar-refractivity contribution in [1.29, 1.82) is 0 Å². The fraction of sp³-hybridized carbons (Fsp3) is 0.875. The topological polar surface area (TPSA) is 119 Å². The molecule has 0 spiro atoms. The number of aliphatic hydroxyl groups excluding tert-OH is 4. The van der Waals surface area contributed by atoms with Crippen LogP contribution in [0.5, 0.6) is 0 Å². The van der Waals surface area contributed by atoms with Gasteiger partial charge in [-0.1, -0.05) is 0 Å². The van der Waals surface area contributed by atoms with Gasteiger partial charge in [-0.05, 0) is 0 Å². The van der Waals surface area contributed by atoms with Gasteiger partial charge in [-0.15, -0.1) is 0 Å². The van der Waals surface area contributed by atoms with E-state index in [1.54, 1.807) is 0 Å². The monoisotopic (exact) mass is 222 g/mol. The Labute approximate surface area is 87.7 Å². The quantitative estimate of drug-likeness (QED) is 0.338. The van der Waals surface area contributed by atoms with Gasteiger partial charge >= 0.3 is 0 Å². The Morgan fingerprint density at radius 2 is 2.13 bits per heavy atom. The lowest BCUT2D eigenvalue weighted by Gasteiger charge is -2.40. The van der Waals surface area contributed by atoms with Crippen molar-refractivity contribution in [3.8, 4) is 0 Å². The maximum absolute atomic E-state index is 10.9. The Morgan fingerprint density at radius 3 is 2.67 bits per heavy atom. The maximum Gasteiger partial charge on any atom is 0.217 e. The van der Waals surface area contributed by atoms with Gasteiger partial charge in [0, 0.05) is 8.27 Å². The number of amides is 1. The molecule has 7 nitrogen and oxygen atoms in total. The third kappa shape index (κ3) is 2.64. The molecule has 0 aliphatic carbocycles. The predicted molar refractivity (Wildman–Crippen MR) is 47.6 cm³/mol. The summed E-state index contributed by atoms with van der Waals surface area (Å²) in [5.74, 6) is -0.707. The standard InChI is InChI=1S/C8H15NO6/c1-3(11)9-5-7(13)6(12)4(2-10)15-8(5)14/h4-8,10,12-14H,2H2,1H3,(H,9,11)/t4-,5-,6-,7-,8+/m1/s1/i1D. The van der Waals surface area contributed by atoms with Gasteiger partial charge in [-0.25, -0.2) is 0 Å². The van der Waals surface area contributed by atoms with Crippen LogP contribution in [0.4, 0.5) is 0 Å². The lowest BCUT2D eigenvalue weighted by Crippen LogP contribution is -2.63. The molecule has 0 saturated carbocycles. The van der Waals surface area contributed by atoms with E-state index >= 15 is 0 Å². The molecule has 15 heavy (non-hydrogen) atoms. The number of ether oxygens (including phenoxy) is 1. The summed E-state index contributed by atoms with van der Waals surface area (Å²) in [5.41, 5.74) is 0. The summed E-state index contributed by atoms with van der Waals surface area (Å²) in [6.07, 6.45) is -5.51. The average molecular weight is 222 g/mol. The Morgan fingerprint density at radius 1 is 1.47 bits per heavy atom. The van der Waals surface area contributed by atoms with Gasteiger partial charge in [-0.3, -0.25) is 4.79 Å². The summed E-state index contributed by atoms with van der Waals surface area (Å²) in [7, 11) is 0. The zero-order chi connectivity index (χ0) is 12.3. The second-order valence-corrected chi connectivity index (χ2v) is 3.32. The second kappa shape index (κ2) is 4.86. The van der Waals surface area contributed by atoms with Crippen LogP contribution < -0.4 is 5.32 Å². The summed E-state index contributed by atoms with van der Waals surface area (Å²) in [6.45, 7) is -1.12. The first-order chi connectivity index (χ1) is 7.51. The van der Waals surface area contributed by atoms with Gasteiger partial charge in [0.25, 0.3) is 0 Å². The van der Waals surface area contributed by atoms with E-state index in [1.165, 1.54) is 0 Å². The fourth-order valence-electron chi connectivity index (χ4n) is 1.44. The molecule has 5 N–H and O–H groups in total. The first-order valence-corrected chi connectivity index (χ1v) is 4.40. The fourth-order valence-corrected chi connectivity index (χ4v) is 1.44. The van der Waals surface area contributed by atoms with Crippen molar-refractivity contribution in [2.45, 2.75) is 37.5 Å². The number of hydrogen-bond donors (Lipinski definition) is 5. The molecule has 1 fully saturated rings. The molecular weight excluding hydrogens is 206 g/mol. The first kappa shape index (κ1) is 10.8. The Hall–Kier alpha value is -0.730. The van der Waals surface area contributed by atoms with Crippen molar-refractivity contribution in [2.24, 2.45) is 0 Å². The van der Waals surface area contributed by atoms with Crippen molar-refractivity contribution in [2.75, 3.05) is 6.61 Å². The predicted octanol–water partition coefficient (Wildman–Crippen LogP) is -3.08. The highest BCUT2D eigenvalue weighted by atomic mass is 16.6. The normalized spacial score (nSPS) is 42.1. The molecule has 0 radical (unpaired) electrons. The van der Waals surface area contributed by atoms with Gasteiger partial charge in [0.05, 0.1) is 6.61 Å². The van der Waals surface area contributed by atoms with E-state index in [9.17, 15) is 20.1 Å². The molecule has 0 unspecified atom stereocenters. The molecule has 0 aromatic rings. The molecule has 1 aliphatic rings. The van der Waals surface area contributed by atoms with E-state index in [1.807, 2.05) is 0 Å². The molecule has 1 rings (SSSR count). The molecule has 88 valence electrons. The van der Waals surface area contributed by atoms with Crippen molar-refractivity contribution in [3.05, 3.63) is 0 Å². The number of hydrogen-bond acceptors (Lipinski definition) is 6.